The number of hydrogen-bond acceptors (Lipinski definition) is 1. The van der Waals surface area contributed by atoms with E-state index in [0.717, 1.165) is 6.07 Å². The minimum Gasteiger partial charge on any atom is -0.405 e. The van der Waals surface area contributed by atoms with Crippen molar-refractivity contribution in [2.75, 3.05) is 0 Å². The Labute approximate surface area is 78.3 Å². The molecule has 0 heterocycles. The number of alkyl halides is 3. The second kappa shape index (κ2) is 3.48. The number of hydrogen-bond donors (Lipinski definition) is 0. The van der Waals surface area contributed by atoms with E-state index < -0.39 is 17.9 Å². The van der Waals surface area contributed by atoms with Gasteiger partial charge in [0.25, 0.3) is 0 Å². The van der Waals surface area contributed by atoms with Crippen molar-refractivity contribution in [3.8, 4) is 5.75 Å². The lowest BCUT2D eigenvalue weighted by Gasteiger charge is -2.12. The summed E-state index contributed by atoms with van der Waals surface area (Å²) in [6, 6.07) is 2.34. The van der Waals surface area contributed by atoms with Crippen molar-refractivity contribution in [3.05, 3.63) is 29.1 Å². The molecule has 14 heavy (non-hydrogen) atoms. The van der Waals surface area contributed by atoms with Crippen LogP contribution in [0.1, 0.15) is 11.1 Å². The molecule has 0 aliphatic carbocycles. The standard InChI is InChI=1S/C9H8F4O/c1-5-3-4-7(6(2)8(5)10)14-9(11,12)13/h3-4H,1-2H3. The fourth-order valence-corrected chi connectivity index (χ4v) is 1.04. The molecule has 1 rings (SSSR count). The predicted octanol–water partition coefficient (Wildman–Crippen LogP) is 3.34. The highest BCUT2D eigenvalue weighted by molar-refractivity contribution is 5.37. The third-order valence-electron chi connectivity index (χ3n) is 1.76. The third kappa shape index (κ3) is 2.37. The first-order valence-electron chi connectivity index (χ1n) is 3.82. The highest BCUT2D eigenvalue weighted by Crippen LogP contribution is 2.28. The molecule has 0 aliphatic heterocycles. The molecule has 0 atom stereocenters. The molecule has 1 aromatic carbocycles. The Balaban J connectivity index is 3.06. The fourth-order valence-electron chi connectivity index (χ4n) is 1.04. The first-order valence-corrected chi connectivity index (χ1v) is 3.82. The van der Waals surface area contributed by atoms with E-state index in [0.29, 0.717) is 0 Å². The monoisotopic (exact) mass is 208 g/mol. The highest BCUT2D eigenvalue weighted by Gasteiger charge is 2.32. The van der Waals surface area contributed by atoms with Crippen LogP contribution in [0.25, 0.3) is 0 Å². The molecule has 0 N–H and O–H groups in total. The van der Waals surface area contributed by atoms with Gasteiger partial charge in [0.1, 0.15) is 11.6 Å². The second-order valence-corrected chi connectivity index (χ2v) is 2.87. The lowest BCUT2D eigenvalue weighted by atomic mass is 10.1. The SMILES string of the molecule is Cc1ccc(OC(F)(F)F)c(C)c1F. The van der Waals surface area contributed by atoms with Gasteiger partial charge in [-0.15, -0.1) is 13.2 Å². The molecular weight excluding hydrogens is 200 g/mol. The zero-order chi connectivity index (χ0) is 10.9. The van der Waals surface area contributed by atoms with Crippen LogP contribution in [0.2, 0.25) is 0 Å². The van der Waals surface area contributed by atoms with Crippen molar-refractivity contribution in [1.82, 2.24) is 0 Å². The van der Waals surface area contributed by atoms with Crippen molar-refractivity contribution in [1.29, 1.82) is 0 Å². The summed E-state index contributed by atoms with van der Waals surface area (Å²) < 4.78 is 52.2. The van der Waals surface area contributed by atoms with E-state index in [2.05, 4.69) is 4.74 Å². The lowest BCUT2D eigenvalue weighted by Crippen LogP contribution is -2.18. The summed E-state index contributed by atoms with van der Waals surface area (Å²) in [5.41, 5.74) is 0.152. The van der Waals surface area contributed by atoms with Gasteiger partial charge in [-0.25, -0.2) is 4.39 Å². The lowest BCUT2D eigenvalue weighted by molar-refractivity contribution is -0.274. The average molecular weight is 208 g/mol. The van der Waals surface area contributed by atoms with Gasteiger partial charge in [-0.2, -0.15) is 0 Å². The zero-order valence-electron chi connectivity index (χ0n) is 7.57. The highest BCUT2D eigenvalue weighted by atomic mass is 19.4. The summed E-state index contributed by atoms with van der Waals surface area (Å²) >= 11 is 0. The molecule has 78 valence electrons. The molecule has 0 radical (unpaired) electrons. The van der Waals surface area contributed by atoms with Crippen LogP contribution in [-0.2, 0) is 0 Å². The minimum absolute atomic E-state index is 0.137. The molecule has 5 heteroatoms. The first-order chi connectivity index (χ1) is 6.31. The summed E-state index contributed by atoms with van der Waals surface area (Å²) in [4.78, 5) is 0. The molecule has 0 unspecified atom stereocenters. The van der Waals surface area contributed by atoms with Gasteiger partial charge in [-0.1, -0.05) is 6.07 Å². The maximum absolute atomic E-state index is 13.1. The summed E-state index contributed by atoms with van der Waals surface area (Å²) in [7, 11) is 0. The molecule has 0 amide bonds. The fraction of sp³-hybridized carbons (Fsp3) is 0.333. The molecule has 0 spiro atoms. The van der Waals surface area contributed by atoms with E-state index in [9.17, 15) is 17.6 Å². The van der Waals surface area contributed by atoms with Crippen LogP contribution in [0.4, 0.5) is 17.6 Å². The second-order valence-electron chi connectivity index (χ2n) is 2.87. The number of aryl methyl sites for hydroxylation is 1. The van der Waals surface area contributed by atoms with Gasteiger partial charge < -0.3 is 4.74 Å². The van der Waals surface area contributed by atoms with Crippen molar-refractivity contribution in [2.24, 2.45) is 0 Å². The molecule has 0 saturated heterocycles. The largest absolute Gasteiger partial charge is 0.573 e. The number of halogens is 4. The zero-order valence-corrected chi connectivity index (χ0v) is 7.57. The van der Waals surface area contributed by atoms with Crippen LogP contribution in [0, 0.1) is 19.7 Å². The Kier molecular flexibility index (Phi) is 2.69. The van der Waals surface area contributed by atoms with Crippen molar-refractivity contribution in [3.63, 3.8) is 0 Å². The summed E-state index contributed by atoms with van der Waals surface area (Å²) in [5, 5.41) is 0. The summed E-state index contributed by atoms with van der Waals surface area (Å²) in [6.45, 7) is 2.71. The Hall–Kier alpha value is -1.26. The molecule has 0 saturated carbocycles. The van der Waals surface area contributed by atoms with Crippen molar-refractivity contribution in [2.45, 2.75) is 20.2 Å². The smallest absolute Gasteiger partial charge is 0.405 e. The van der Waals surface area contributed by atoms with Crippen LogP contribution in [0.5, 0.6) is 5.75 Å². The van der Waals surface area contributed by atoms with Gasteiger partial charge in [0.15, 0.2) is 0 Å². The van der Waals surface area contributed by atoms with Gasteiger partial charge in [0.2, 0.25) is 0 Å². The van der Waals surface area contributed by atoms with Crippen LogP contribution < -0.4 is 4.74 Å². The number of ether oxygens (including phenoxy) is 1. The van der Waals surface area contributed by atoms with Crippen LogP contribution in [-0.4, -0.2) is 6.36 Å². The maximum atomic E-state index is 13.1. The van der Waals surface area contributed by atoms with Crippen LogP contribution in [0.3, 0.4) is 0 Å². The summed E-state index contributed by atoms with van der Waals surface area (Å²) in [6.07, 6.45) is -4.79. The Morgan fingerprint density at radius 3 is 2.21 bits per heavy atom. The molecule has 0 aromatic heterocycles. The molecular formula is C9H8F4O. The molecule has 0 aliphatic rings. The minimum atomic E-state index is -4.79. The van der Waals surface area contributed by atoms with Crippen molar-refractivity contribution >= 4 is 0 Å². The van der Waals surface area contributed by atoms with E-state index >= 15 is 0 Å². The maximum Gasteiger partial charge on any atom is 0.573 e. The quantitative estimate of drug-likeness (QED) is 0.643. The van der Waals surface area contributed by atoms with E-state index in [1.165, 1.54) is 19.9 Å². The van der Waals surface area contributed by atoms with Crippen LogP contribution in [0.15, 0.2) is 12.1 Å². The first kappa shape index (κ1) is 10.8. The molecule has 0 bridgehead atoms. The Morgan fingerprint density at radius 1 is 1.14 bits per heavy atom. The van der Waals surface area contributed by atoms with Gasteiger partial charge >= 0.3 is 6.36 Å². The third-order valence-corrected chi connectivity index (χ3v) is 1.76. The van der Waals surface area contributed by atoms with E-state index in [-0.39, 0.29) is 11.1 Å². The van der Waals surface area contributed by atoms with Gasteiger partial charge in [-0.3, -0.25) is 0 Å². The number of rotatable bonds is 1. The predicted molar refractivity (Wildman–Crippen MR) is 42.6 cm³/mol. The van der Waals surface area contributed by atoms with Gasteiger partial charge in [0, 0.05) is 5.56 Å². The number of benzene rings is 1. The molecule has 1 nitrogen and oxygen atoms in total. The van der Waals surface area contributed by atoms with Gasteiger partial charge in [0.05, 0.1) is 0 Å². The Bertz CT molecular complexity index is 343. The van der Waals surface area contributed by atoms with Crippen LogP contribution >= 0.6 is 0 Å². The van der Waals surface area contributed by atoms with Crippen molar-refractivity contribution < 1.29 is 22.3 Å². The van der Waals surface area contributed by atoms with Gasteiger partial charge in [-0.05, 0) is 25.5 Å². The summed E-state index contributed by atoms with van der Waals surface area (Å²) in [5.74, 6) is -1.17. The molecule has 1 aromatic rings. The normalized spacial score (nSPS) is 11.6. The van der Waals surface area contributed by atoms with E-state index in [1.54, 1.807) is 0 Å². The molecule has 0 fully saturated rings. The van der Waals surface area contributed by atoms with E-state index in [1.807, 2.05) is 0 Å². The topological polar surface area (TPSA) is 9.23 Å². The average Bonchev–Trinajstić information content (AvgIpc) is 2.04. The van der Waals surface area contributed by atoms with E-state index in [4.69, 9.17) is 0 Å². The Morgan fingerprint density at radius 2 is 1.71 bits per heavy atom.